The van der Waals surface area contributed by atoms with Crippen LogP contribution in [0.2, 0.25) is 5.02 Å². The molecule has 0 atom stereocenters. The minimum absolute atomic E-state index is 0.578. The number of hydrazine groups is 1. The van der Waals surface area contributed by atoms with Crippen LogP contribution in [0.3, 0.4) is 0 Å². The standard InChI is InChI=1S/C14H15ClN4S/c15-10-3-1-2-4-12(10)20-8-14-17-11(9-5-6-9)7-13(18-14)19-16/h1-4,7,9H,5-6,8,16H2,(H,17,18,19). The van der Waals surface area contributed by atoms with E-state index < -0.39 is 0 Å². The Labute approximate surface area is 127 Å². The van der Waals surface area contributed by atoms with Gasteiger partial charge in [-0.1, -0.05) is 23.7 Å². The Morgan fingerprint density at radius 3 is 2.80 bits per heavy atom. The van der Waals surface area contributed by atoms with Crippen molar-refractivity contribution in [3.8, 4) is 0 Å². The molecule has 0 saturated heterocycles. The second kappa shape index (κ2) is 5.99. The van der Waals surface area contributed by atoms with Gasteiger partial charge >= 0.3 is 0 Å². The fourth-order valence-corrected chi connectivity index (χ4v) is 3.04. The summed E-state index contributed by atoms with van der Waals surface area (Å²) in [6.45, 7) is 0. The SMILES string of the molecule is NNc1cc(C2CC2)nc(CSc2ccccc2Cl)n1. The first-order valence-electron chi connectivity index (χ1n) is 6.48. The molecule has 1 aliphatic carbocycles. The normalized spacial score (nSPS) is 14.3. The van der Waals surface area contributed by atoms with Gasteiger partial charge in [0.25, 0.3) is 0 Å². The summed E-state index contributed by atoms with van der Waals surface area (Å²) in [5.41, 5.74) is 3.70. The average molecular weight is 307 g/mol. The van der Waals surface area contributed by atoms with Crippen LogP contribution in [0.4, 0.5) is 5.82 Å². The Morgan fingerprint density at radius 2 is 2.10 bits per heavy atom. The first-order valence-corrected chi connectivity index (χ1v) is 7.84. The van der Waals surface area contributed by atoms with E-state index in [1.165, 1.54) is 12.8 Å². The van der Waals surface area contributed by atoms with Gasteiger partial charge in [-0.25, -0.2) is 15.8 Å². The number of nitrogens with zero attached hydrogens (tertiary/aromatic N) is 2. The van der Waals surface area contributed by atoms with Crippen LogP contribution in [-0.2, 0) is 5.75 Å². The van der Waals surface area contributed by atoms with Crippen LogP contribution >= 0.6 is 23.4 Å². The number of halogens is 1. The number of rotatable bonds is 5. The Balaban J connectivity index is 1.76. The van der Waals surface area contributed by atoms with E-state index in [9.17, 15) is 0 Å². The van der Waals surface area contributed by atoms with Gasteiger partial charge in [0.1, 0.15) is 11.6 Å². The maximum absolute atomic E-state index is 6.15. The number of nitrogens with one attached hydrogen (secondary N) is 1. The lowest BCUT2D eigenvalue weighted by molar-refractivity contribution is 0.930. The highest BCUT2D eigenvalue weighted by Gasteiger charge is 2.26. The van der Waals surface area contributed by atoms with Crippen LogP contribution in [0.1, 0.15) is 30.3 Å². The maximum atomic E-state index is 6.15. The second-order valence-corrected chi connectivity index (χ2v) is 6.16. The molecule has 20 heavy (non-hydrogen) atoms. The molecule has 1 aromatic carbocycles. The summed E-state index contributed by atoms with van der Waals surface area (Å²) in [7, 11) is 0. The van der Waals surface area contributed by atoms with E-state index in [2.05, 4.69) is 15.4 Å². The zero-order chi connectivity index (χ0) is 13.9. The molecular weight excluding hydrogens is 292 g/mol. The van der Waals surface area contributed by atoms with E-state index in [4.69, 9.17) is 17.4 Å². The topological polar surface area (TPSA) is 63.8 Å². The highest BCUT2D eigenvalue weighted by Crippen LogP contribution is 2.39. The van der Waals surface area contributed by atoms with Gasteiger partial charge in [-0.2, -0.15) is 0 Å². The van der Waals surface area contributed by atoms with E-state index in [0.29, 0.717) is 17.5 Å². The predicted molar refractivity (Wildman–Crippen MR) is 82.8 cm³/mol. The summed E-state index contributed by atoms with van der Waals surface area (Å²) in [6, 6.07) is 9.72. The molecule has 0 unspecified atom stereocenters. The monoisotopic (exact) mass is 306 g/mol. The number of thioether (sulfide) groups is 1. The van der Waals surface area contributed by atoms with Crippen molar-refractivity contribution >= 4 is 29.2 Å². The van der Waals surface area contributed by atoms with Gasteiger partial charge in [0.05, 0.1) is 10.8 Å². The highest BCUT2D eigenvalue weighted by atomic mass is 35.5. The van der Waals surface area contributed by atoms with Crippen LogP contribution in [0.5, 0.6) is 0 Å². The molecule has 0 bridgehead atoms. The molecule has 3 rings (SSSR count). The number of nitrogens with two attached hydrogens (primary N) is 1. The minimum atomic E-state index is 0.578. The number of hydrogen-bond donors (Lipinski definition) is 2. The average Bonchev–Trinajstić information content (AvgIpc) is 3.31. The lowest BCUT2D eigenvalue weighted by Gasteiger charge is -2.07. The van der Waals surface area contributed by atoms with Crippen LogP contribution in [0, 0.1) is 0 Å². The van der Waals surface area contributed by atoms with Crippen LogP contribution in [0.15, 0.2) is 35.2 Å². The van der Waals surface area contributed by atoms with E-state index in [0.717, 1.165) is 21.4 Å². The van der Waals surface area contributed by atoms with Gasteiger partial charge < -0.3 is 5.43 Å². The van der Waals surface area contributed by atoms with Gasteiger partial charge in [-0.3, -0.25) is 0 Å². The molecule has 1 aliphatic rings. The fourth-order valence-electron chi connectivity index (χ4n) is 1.95. The lowest BCUT2D eigenvalue weighted by Crippen LogP contribution is -2.11. The van der Waals surface area contributed by atoms with Crippen LogP contribution < -0.4 is 11.3 Å². The summed E-state index contributed by atoms with van der Waals surface area (Å²) in [5.74, 6) is 8.19. The van der Waals surface area contributed by atoms with Crippen LogP contribution in [-0.4, -0.2) is 9.97 Å². The van der Waals surface area contributed by atoms with E-state index in [-0.39, 0.29) is 0 Å². The molecule has 3 N–H and O–H groups in total. The molecule has 2 aromatic rings. The van der Waals surface area contributed by atoms with Crippen molar-refractivity contribution < 1.29 is 0 Å². The van der Waals surface area contributed by atoms with Gasteiger partial charge in [-0.15, -0.1) is 11.8 Å². The van der Waals surface area contributed by atoms with Crippen molar-refractivity contribution in [2.75, 3.05) is 5.43 Å². The van der Waals surface area contributed by atoms with Gasteiger partial charge in [0.2, 0.25) is 0 Å². The summed E-state index contributed by atoms with van der Waals surface area (Å²) in [6.07, 6.45) is 2.41. The number of benzene rings is 1. The van der Waals surface area contributed by atoms with Gasteiger partial charge in [0.15, 0.2) is 0 Å². The second-order valence-electron chi connectivity index (χ2n) is 4.73. The number of aromatic nitrogens is 2. The predicted octanol–water partition coefficient (Wildman–Crippen LogP) is 3.59. The van der Waals surface area contributed by atoms with Crippen molar-refractivity contribution in [1.82, 2.24) is 9.97 Å². The third kappa shape index (κ3) is 3.23. The Kier molecular flexibility index (Phi) is 4.10. The quantitative estimate of drug-likeness (QED) is 0.502. The molecule has 1 saturated carbocycles. The molecule has 1 fully saturated rings. The van der Waals surface area contributed by atoms with Crippen LogP contribution in [0.25, 0.3) is 0 Å². The van der Waals surface area contributed by atoms with Gasteiger partial charge in [0, 0.05) is 22.6 Å². The summed E-state index contributed by atoms with van der Waals surface area (Å²) in [5, 5.41) is 0.757. The van der Waals surface area contributed by atoms with Crippen molar-refractivity contribution in [3.63, 3.8) is 0 Å². The molecule has 104 valence electrons. The zero-order valence-corrected chi connectivity index (χ0v) is 12.4. The molecular formula is C14H15ClN4S. The molecule has 1 heterocycles. The third-order valence-electron chi connectivity index (χ3n) is 3.13. The lowest BCUT2D eigenvalue weighted by atomic mass is 10.3. The molecule has 0 amide bonds. The summed E-state index contributed by atoms with van der Waals surface area (Å²) >= 11 is 7.78. The zero-order valence-electron chi connectivity index (χ0n) is 10.8. The highest BCUT2D eigenvalue weighted by molar-refractivity contribution is 7.98. The maximum Gasteiger partial charge on any atom is 0.143 e. The first kappa shape index (κ1) is 13.7. The van der Waals surface area contributed by atoms with Gasteiger partial charge in [-0.05, 0) is 25.0 Å². The largest absolute Gasteiger partial charge is 0.308 e. The van der Waals surface area contributed by atoms with E-state index >= 15 is 0 Å². The van der Waals surface area contributed by atoms with Crippen molar-refractivity contribution in [3.05, 3.63) is 46.9 Å². The number of nitrogen functional groups attached to an aromatic ring is 1. The van der Waals surface area contributed by atoms with Crippen molar-refractivity contribution in [2.24, 2.45) is 5.84 Å². The molecule has 4 nitrogen and oxygen atoms in total. The minimum Gasteiger partial charge on any atom is -0.308 e. The van der Waals surface area contributed by atoms with Crippen molar-refractivity contribution in [2.45, 2.75) is 29.4 Å². The molecule has 1 aromatic heterocycles. The molecule has 6 heteroatoms. The summed E-state index contributed by atoms with van der Waals surface area (Å²) in [4.78, 5) is 10.1. The third-order valence-corrected chi connectivity index (χ3v) is 4.64. The molecule has 0 spiro atoms. The number of anilines is 1. The first-order chi connectivity index (χ1) is 9.76. The Hall–Kier alpha value is -1.30. The molecule has 0 aliphatic heterocycles. The smallest absolute Gasteiger partial charge is 0.143 e. The summed E-state index contributed by atoms with van der Waals surface area (Å²) < 4.78 is 0. The van der Waals surface area contributed by atoms with Crippen molar-refractivity contribution in [1.29, 1.82) is 0 Å². The van der Waals surface area contributed by atoms with E-state index in [1.807, 2.05) is 30.3 Å². The Bertz CT molecular complexity index is 616. The Morgan fingerprint density at radius 1 is 1.30 bits per heavy atom. The van der Waals surface area contributed by atoms with E-state index in [1.54, 1.807) is 11.8 Å². The fraction of sp³-hybridized carbons (Fsp3) is 0.286. The number of hydrogen-bond acceptors (Lipinski definition) is 5. The molecule has 0 radical (unpaired) electrons.